The van der Waals surface area contributed by atoms with Crippen molar-refractivity contribution in [2.75, 3.05) is 11.9 Å². The van der Waals surface area contributed by atoms with Gasteiger partial charge in [0.2, 0.25) is 0 Å². The molecule has 2 nitrogen and oxygen atoms in total. The number of benzene rings is 1. The van der Waals surface area contributed by atoms with Gasteiger partial charge in [0.25, 0.3) is 0 Å². The summed E-state index contributed by atoms with van der Waals surface area (Å²) in [7, 11) is 2.09. The van der Waals surface area contributed by atoms with Gasteiger partial charge < -0.3 is 10.0 Å². The predicted molar refractivity (Wildman–Crippen MR) is 69.8 cm³/mol. The maximum Gasteiger partial charge on any atom is 0.0807 e. The molecule has 0 fully saturated rings. The topological polar surface area (TPSA) is 23.5 Å². The Morgan fingerprint density at radius 1 is 1.19 bits per heavy atom. The molecule has 0 amide bonds. The molecule has 0 aliphatic heterocycles. The first-order valence-corrected chi connectivity index (χ1v) is 6.11. The average Bonchev–Trinajstić information content (AvgIpc) is 2.35. The summed E-state index contributed by atoms with van der Waals surface area (Å²) in [6.07, 6.45) is 1.50. The highest BCUT2D eigenvalue weighted by Crippen LogP contribution is 2.28. The summed E-state index contributed by atoms with van der Waals surface area (Å²) < 4.78 is 0. The average molecular weight is 221 g/mol. The third kappa shape index (κ3) is 2.76. The smallest absolute Gasteiger partial charge is 0.0807 e. The Balaban J connectivity index is 3.03. The van der Waals surface area contributed by atoms with Gasteiger partial charge in [0.05, 0.1) is 6.10 Å². The molecule has 0 spiro atoms. The van der Waals surface area contributed by atoms with Crippen molar-refractivity contribution in [1.29, 1.82) is 0 Å². The van der Waals surface area contributed by atoms with Gasteiger partial charge in [-0.15, -0.1) is 0 Å². The molecule has 0 aromatic heterocycles. The van der Waals surface area contributed by atoms with E-state index >= 15 is 0 Å². The summed E-state index contributed by atoms with van der Waals surface area (Å²) in [4.78, 5) is 2.24. The molecule has 0 radical (unpaired) electrons. The number of aliphatic hydroxyl groups excluding tert-OH is 1. The highest BCUT2D eigenvalue weighted by Gasteiger charge is 2.15. The molecule has 1 rings (SSSR count). The van der Waals surface area contributed by atoms with Crippen LogP contribution >= 0.6 is 0 Å². The number of anilines is 1. The Labute approximate surface area is 98.9 Å². The number of rotatable bonds is 5. The van der Waals surface area contributed by atoms with Gasteiger partial charge in [0, 0.05) is 24.3 Å². The molecule has 1 aromatic carbocycles. The molecular weight excluding hydrogens is 198 g/mol. The van der Waals surface area contributed by atoms with Gasteiger partial charge in [-0.3, -0.25) is 0 Å². The largest absolute Gasteiger partial charge is 0.388 e. The van der Waals surface area contributed by atoms with E-state index in [1.54, 1.807) is 0 Å². The van der Waals surface area contributed by atoms with E-state index < -0.39 is 0 Å². The molecule has 0 saturated heterocycles. The van der Waals surface area contributed by atoms with Crippen LogP contribution < -0.4 is 4.90 Å². The second kappa shape index (κ2) is 5.90. The maximum absolute atomic E-state index is 9.99. The van der Waals surface area contributed by atoms with Gasteiger partial charge >= 0.3 is 0 Å². The number of nitrogens with zero attached hydrogens (tertiary/aromatic N) is 1. The third-order valence-corrected chi connectivity index (χ3v) is 3.31. The molecule has 90 valence electrons. The highest BCUT2D eigenvalue weighted by molar-refractivity contribution is 5.54. The molecule has 0 aliphatic carbocycles. The Morgan fingerprint density at radius 2 is 1.81 bits per heavy atom. The van der Waals surface area contributed by atoms with E-state index in [2.05, 4.69) is 31.9 Å². The second-order valence-electron chi connectivity index (χ2n) is 4.35. The normalized spacial score (nSPS) is 14.6. The molecule has 1 N–H and O–H groups in total. The Kier molecular flexibility index (Phi) is 4.81. The van der Waals surface area contributed by atoms with Crippen LogP contribution in [0.25, 0.3) is 0 Å². The minimum atomic E-state index is -0.359. The fourth-order valence-electron chi connectivity index (χ4n) is 1.82. The van der Waals surface area contributed by atoms with E-state index in [4.69, 9.17) is 0 Å². The summed E-state index contributed by atoms with van der Waals surface area (Å²) in [5, 5.41) is 9.99. The third-order valence-electron chi connectivity index (χ3n) is 3.31. The lowest BCUT2D eigenvalue weighted by Crippen LogP contribution is -2.29. The van der Waals surface area contributed by atoms with Gasteiger partial charge in [0.1, 0.15) is 0 Å². The van der Waals surface area contributed by atoms with E-state index in [1.807, 2.05) is 25.1 Å². The quantitative estimate of drug-likeness (QED) is 0.824. The van der Waals surface area contributed by atoms with Crippen LogP contribution in [0.3, 0.4) is 0 Å². The van der Waals surface area contributed by atoms with Gasteiger partial charge in [-0.05, 0) is 25.8 Å². The number of aliphatic hydroxyl groups is 1. The standard InChI is InChI=1S/C14H23NO/c1-5-11(3)15(4)13-10-8-7-9-12(13)14(16)6-2/h7-11,14,16H,5-6H2,1-4H3/t11?,14-/m0/s1. The molecule has 1 unspecified atom stereocenters. The van der Waals surface area contributed by atoms with Crippen molar-refractivity contribution >= 4 is 5.69 Å². The van der Waals surface area contributed by atoms with Crippen molar-refractivity contribution in [3.63, 3.8) is 0 Å². The highest BCUT2D eigenvalue weighted by atomic mass is 16.3. The predicted octanol–water partition coefficient (Wildman–Crippen LogP) is 3.36. The first kappa shape index (κ1) is 13.0. The monoisotopic (exact) mass is 221 g/mol. The Hall–Kier alpha value is -1.02. The molecule has 2 atom stereocenters. The van der Waals surface area contributed by atoms with Crippen molar-refractivity contribution in [2.24, 2.45) is 0 Å². The van der Waals surface area contributed by atoms with Crippen LogP contribution in [0.5, 0.6) is 0 Å². The molecule has 0 saturated carbocycles. The van der Waals surface area contributed by atoms with Crippen LogP contribution in [0.15, 0.2) is 24.3 Å². The lowest BCUT2D eigenvalue weighted by Gasteiger charge is -2.29. The van der Waals surface area contributed by atoms with Crippen LogP contribution in [0.1, 0.15) is 45.3 Å². The number of hydrogen-bond donors (Lipinski definition) is 1. The van der Waals surface area contributed by atoms with E-state index in [0.717, 1.165) is 24.1 Å². The van der Waals surface area contributed by atoms with Crippen molar-refractivity contribution in [3.05, 3.63) is 29.8 Å². The lowest BCUT2D eigenvalue weighted by molar-refractivity contribution is 0.174. The van der Waals surface area contributed by atoms with Crippen molar-refractivity contribution in [3.8, 4) is 0 Å². The summed E-state index contributed by atoms with van der Waals surface area (Å²) >= 11 is 0. The van der Waals surface area contributed by atoms with Crippen LogP contribution in [0, 0.1) is 0 Å². The van der Waals surface area contributed by atoms with Crippen LogP contribution in [0.4, 0.5) is 5.69 Å². The fraction of sp³-hybridized carbons (Fsp3) is 0.571. The summed E-state index contributed by atoms with van der Waals surface area (Å²) in [6, 6.07) is 8.61. The zero-order valence-electron chi connectivity index (χ0n) is 10.8. The number of para-hydroxylation sites is 1. The molecule has 16 heavy (non-hydrogen) atoms. The second-order valence-corrected chi connectivity index (χ2v) is 4.35. The maximum atomic E-state index is 9.99. The van der Waals surface area contributed by atoms with Gasteiger partial charge in [0.15, 0.2) is 0 Å². The molecule has 2 heteroatoms. The molecular formula is C14H23NO. The zero-order chi connectivity index (χ0) is 12.1. The molecule has 0 bridgehead atoms. The van der Waals surface area contributed by atoms with E-state index in [0.29, 0.717) is 6.04 Å². The summed E-state index contributed by atoms with van der Waals surface area (Å²) in [5.74, 6) is 0. The first-order valence-electron chi connectivity index (χ1n) is 6.11. The fourth-order valence-corrected chi connectivity index (χ4v) is 1.82. The summed E-state index contributed by atoms with van der Waals surface area (Å²) in [6.45, 7) is 6.39. The van der Waals surface area contributed by atoms with Gasteiger partial charge in [-0.1, -0.05) is 32.0 Å². The van der Waals surface area contributed by atoms with Crippen molar-refractivity contribution in [1.82, 2.24) is 0 Å². The lowest BCUT2D eigenvalue weighted by atomic mass is 10.0. The van der Waals surface area contributed by atoms with E-state index in [1.165, 1.54) is 0 Å². The van der Waals surface area contributed by atoms with Crippen LogP contribution in [-0.4, -0.2) is 18.2 Å². The SMILES string of the molecule is CCC(C)N(C)c1ccccc1[C@@H](O)CC. The molecule has 0 heterocycles. The Bertz CT molecular complexity index is 324. The van der Waals surface area contributed by atoms with Crippen LogP contribution in [-0.2, 0) is 0 Å². The molecule has 0 aliphatic rings. The minimum Gasteiger partial charge on any atom is -0.388 e. The van der Waals surface area contributed by atoms with Gasteiger partial charge in [-0.25, -0.2) is 0 Å². The first-order chi connectivity index (χ1) is 7.61. The summed E-state index contributed by atoms with van der Waals surface area (Å²) in [5.41, 5.74) is 2.18. The zero-order valence-corrected chi connectivity index (χ0v) is 10.8. The van der Waals surface area contributed by atoms with Crippen molar-refractivity contribution < 1.29 is 5.11 Å². The van der Waals surface area contributed by atoms with Gasteiger partial charge in [-0.2, -0.15) is 0 Å². The molecule has 1 aromatic rings. The van der Waals surface area contributed by atoms with E-state index in [-0.39, 0.29) is 6.10 Å². The van der Waals surface area contributed by atoms with Crippen molar-refractivity contribution in [2.45, 2.75) is 45.8 Å². The van der Waals surface area contributed by atoms with E-state index in [9.17, 15) is 5.11 Å². The minimum absolute atomic E-state index is 0.359. The Morgan fingerprint density at radius 3 is 2.38 bits per heavy atom. The van der Waals surface area contributed by atoms with Crippen LogP contribution in [0.2, 0.25) is 0 Å². The number of hydrogen-bond acceptors (Lipinski definition) is 2.